The Kier molecular flexibility index (Phi) is 4.42. The standard InChI is InChI=1S/C17H19ClN6O/c18-13-4-2-1-3-12(13)10-24-15-14(22-17(24)25)9-21-16(23-15)20-8-11-5-6-19-7-11/h1-4,9,11,19H,5-8,10H2,(H,22,25)(H,20,21,23). The van der Waals surface area contributed by atoms with Crippen LogP contribution >= 0.6 is 11.6 Å². The fraction of sp³-hybridized carbons (Fsp3) is 0.353. The molecule has 0 bridgehead atoms. The summed E-state index contributed by atoms with van der Waals surface area (Å²) >= 11 is 6.22. The smallest absolute Gasteiger partial charge is 0.328 e. The highest BCUT2D eigenvalue weighted by atomic mass is 35.5. The van der Waals surface area contributed by atoms with E-state index in [1.807, 2.05) is 24.3 Å². The molecule has 2 aromatic heterocycles. The van der Waals surface area contributed by atoms with Crippen LogP contribution in [0, 0.1) is 5.92 Å². The van der Waals surface area contributed by atoms with Crippen LogP contribution in [-0.2, 0) is 6.54 Å². The van der Waals surface area contributed by atoms with Gasteiger partial charge in [0.1, 0.15) is 5.52 Å². The molecule has 0 amide bonds. The summed E-state index contributed by atoms with van der Waals surface area (Å²) in [6.07, 6.45) is 2.79. The number of fused-ring (bicyclic) bond motifs is 1. The second kappa shape index (κ2) is 6.85. The van der Waals surface area contributed by atoms with Crippen LogP contribution in [0.3, 0.4) is 0 Å². The van der Waals surface area contributed by atoms with Crippen LogP contribution in [0.15, 0.2) is 35.3 Å². The maximum absolute atomic E-state index is 12.3. The molecule has 3 heterocycles. The summed E-state index contributed by atoms with van der Waals surface area (Å²) in [5.74, 6) is 1.11. The molecule has 1 aliphatic heterocycles. The molecule has 7 nitrogen and oxygen atoms in total. The number of benzene rings is 1. The topological polar surface area (TPSA) is 87.6 Å². The van der Waals surface area contributed by atoms with Crippen molar-refractivity contribution in [2.45, 2.75) is 13.0 Å². The Labute approximate surface area is 149 Å². The van der Waals surface area contributed by atoms with Gasteiger partial charge in [0, 0.05) is 11.6 Å². The van der Waals surface area contributed by atoms with Gasteiger partial charge >= 0.3 is 5.69 Å². The number of rotatable bonds is 5. The zero-order valence-electron chi connectivity index (χ0n) is 13.6. The fourth-order valence-electron chi connectivity index (χ4n) is 3.10. The van der Waals surface area contributed by atoms with Gasteiger partial charge in [-0.1, -0.05) is 29.8 Å². The Morgan fingerprint density at radius 1 is 1.36 bits per heavy atom. The number of hydrogen-bond acceptors (Lipinski definition) is 5. The van der Waals surface area contributed by atoms with Crippen LogP contribution in [0.5, 0.6) is 0 Å². The van der Waals surface area contributed by atoms with E-state index in [0.29, 0.717) is 34.6 Å². The molecule has 1 aromatic carbocycles. The first-order valence-corrected chi connectivity index (χ1v) is 8.72. The van der Waals surface area contributed by atoms with E-state index >= 15 is 0 Å². The first-order chi connectivity index (χ1) is 12.2. The average molecular weight is 359 g/mol. The van der Waals surface area contributed by atoms with Crippen molar-refractivity contribution in [3.63, 3.8) is 0 Å². The quantitative estimate of drug-likeness (QED) is 0.647. The molecule has 1 atom stereocenters. The van der Waals surface area contributed by atoms with Crippen molar-refractivity contribution < 1.29 is 0 Å². The van der Waals surface area contributed by atoms with E-state index in [0.717, 1.165) is 31.6 Å². The molecular weight excluding hydrogens is 340 g/mol. The van der Waals surface area contributed by atoms with Crippen molar-refractivity contribution in [3.05, 3.63) is 51.5 Å². The first kappa shape index (κ1) is 16.1. The predicted molar refractivity (Wildman–Crippen MR) is 98.2 cm³/mol. The van der Waals surface area contributed by atoms with Crippen molar-refractivity contribution in [2.75, 3.05) is 25.0 Å². The molecule has 0 saturated carbocycles. The zero-order chi connectivity index (χ0) is 17.2. The number of hydrogen-bond donors (Lipinski definition) is 3. The summed E-state index contributed by atoms with van der Waals surface area (Å²) in [7, 11) is 0. The van der Waals surface area contributed by atoms with Crippen LogP contribution < -0.4 is 16.3 Å². The van der Waals surface area contributed by atoms with Crippen LogP contribution in [0.2, 0.25) is 5.02 Å². The van der Waals surface area contributed by atoms with Gasteiger partial charge in [-0.3, -0.25) is 4.57 Å². The Hall–Kier alpha value is -2.38. The Morgan fingerprint density at radius 2 is 2.24 bits per heavy atom. The highest BCUT2D eigenvalue weighted by Crippen LogP contribution is 2.18. The minimum absolute atomic E-state index is 0.221. The lowest BCUT2D eigenvalue weighted by molar-refractivity contribution is 0.613. The molecule has 8 heteroatoms. The van der Waals surface area contributed by atoms with Crippen LogP contribution in [0.1, 0.15) is 12.0 Å². The molecule has 1 saturated heterocycles. The number of nitrogens with one attached hydrogen (secondary N) is 3. The van der Waals surface area contributed by atoms with Gasteiger partial charge in [0.25, 0.3) is 0 Å². The van der Waals surface area contributed by atoms with Crippen LogP contribution in [0.4, 0.5) is 5.95 Å². The number of halogens is 1. The van der Waals surface area contributed by atoms with Crippen molar-refractivity contribution in [2.24, 2.45) is 5.92 Å². The SMILES string of the molecule is O=c1[nH]c2cnc(NCC3CCNC3)nc2n1Cc1ccccc1Cl. The second-order valence-electron chi connectivity index (χ2n) is 6.28. The predicted octanol–water partition coefficient (Wildman–Crippen LogP) is 1.84. The maximum atomic E-state index is 12.3. The third kappa shape index (κ3) is 3.38. The first-order valence-electron chi connectivity index (χ1n) is 8.34. The van der Waals surface area contributed by atoms with Gasteiger partial charge < -0.3 is 15.6 Å². The lowest BCUT2D eigenvalue weighted by Crippen LogP contribution is -2.19. The van der Waals surface area contributed by atoms with E-state index in [1.165, 1.54) is 0 Å². The number of H-pyrrole nitrogens is 1. The highest BCUT2D eigenvalue weighted by Gasteiger charge is 2.15. The molecule has 25 heavy (non-hydrogen) atoms. The number of aromatic amines is 1. The molecular formula is C17H19ClN6O. The molecule has 0 radical (unpaired) electrons. The lowest BCUT2D eigenvalue weighted by atomic mass is 10.1. The van der Waals surface area contributed by atoms with Crippen LogP contribution in [-0.4, -0.2) is 39.2 Å². The maximum Gasteiger partial charge on any atom is 0.328 e. The average Bonchev–Trinajstić information content (AvgIpc) is 3.23. The third-order valence-corrected chi connectivity index (χ3v) is 4.88. The molecule has 1 unspecified atom stereocenters. The molecule has 0 aliphatic carbocycles. The Bertz CT molecular complexity index is 944. The van der Waals surface area contributed by atoms with Crippen molar-refractivity contribution in [3.8, 4) is 0 Å². The monoisotopic (exact) mass is 358 g/mol. The fourth-order valence-corrected chi connectivity index (χ4v) is 3.29. The van der Waals surface area contributed by atoms with Crippen molar-refractivity contribution in [1.29, 1.82) is 0 Å². The molecule has 3 N–H and O–H groups in total. The van der Waals surface area contributed by atoms with Gasteiger partial charge in [-0.15, -0.1) is 0 Å². The molecule has 1 aliphatic rings. The van der Waals surface area contributed by atoms with Gasteiger partial charge in [0.05, 0.1) is 12.7 Å². The molecule has 0 spiro atoms. The summed E-state index contributed by atoms with van der Waals surface area (Å²) in [5, 5.41) is 7.24. The van der Waals surface area contributed by atoms with Gasteiger partial charge in [-0.25, -0.2) is 9.78 Å². The highest BCUT2D eigenvalue weighted by molar-refractivity contribution is 6.31. The number of anilines is 1. The minimum atomic E-state index is -0.221. The largest absolute Gasteiger partial charge is 0.354 e. The molecule has 130 valence electrons. The third-order valence-electron chi connectivity index (χ3n) is 4.51. The summed E-state index contributed by atoms with van der Waals surface area (Å²) in [6.45, 7) is 3.25. The van der Waals surface area contributed by atoms with Gasteiger partial charge in [0.2, 0.25) is 5.95 Å². The summed E-state index contributed by atoms with van der Waals surface area (Å²) in [5.41, 5.74) is 1.84. The summed E-state index contributed by atoms with van der Waals surface area (Å²) in [6, 6.07) is 7.49. The van der Waals surface area contributed by atoms with Crippen LogP contribution in [0.25, 0.3) is 11.2 Å². The summed E-state index contributed by atoms with van der Waals surface area (Å²) < 4.78 is 1.58. The number of nitrogens with zero attached hydrogens (tertiary/aromatic N) is 3. The van der Waals surface area contributed by atoms with Gasteiger partial charge in [-0.05, 0) is 37.1 Å². The zero-order valence-corrected chi connectivity index (χ0v) is 14.4. The van der Waals surface area contributed by atoms with E-state index in [1.54, 1.807) is 10.8 Å². The van der Waals surface area contributed by atoms with E-state index in [4.69, 9.17) is 11.6 Å². The van der Waals surface area contributed by atoms with Gasteiger partial charge in [0.15, 0.2) is 5.65 Å². The van der Waals surface area contributed by atoms with E-state index in [2.05, 4.69) is 25.6 Å². The van der Waals surface area contributed by atoms with Crippen molar-refractivity contribution >= 4 is 28.7 Å². The summed E-state index contributed by atoms with van der Waals surface area (Å²) in [4.78, 5) is 23.9. The molecule has 3 aromatic rings. The number of imidazole rings is 1. The molecule has 1 fully saturated rings. The Morgan fingerprint density at radius 3 is 3.04 bits per heavy atom. The van der Waals surface area contributed by atoms with E-state index < -0.39 is 0 Å². The van der Waals surface area contributed by atoms with E-state index in [9.17, 15) is 4.79 Å². The molecule has 4 rings (SSSR count). The minimum Gasteiger partial charge on any atom is -0.354 e. The second-order valence-corrected chi connectivity index (χ2v) is 6.69. The van der Waals surface area contributed by atoms with E-state index in [-0.39, 0.29) is 5.69 Å². The van der Waals surface area contributed by atoms with Gasteiger partial charge in [-0.2, -0.15) is 4.98 Å². The lowest BCUT2D eigenvalue weighted by Gasteiger charge is -2.10. The normalized spacial score (nSPS) is 17.2. The number of aromatic nitrogens is 4. The van der Waals surface area contributed by atoms with Crippen molar-refractivity contribution in [1.82, 2.24) is 24.8 Å². The Balaban J connectivity index is 1.62.